The molecule has 0 amide bonds. The second-order valence-corrected chi connectivity index (χ2v) is 12.1. The second kappa shape index (κ2) is 10.6. The van der Waals surface area contributed by atoms with Crippen LogP contribution >= 0.6 is 23.1 Å². The molecular weight excluding hydrogens is 464 g/mol. The number of ether oxygens (including phenoxy) is 1. The van der Waals surface area contributed by atoms with Crippen LogP contribution in [0.1, 0.15) is 63.8 Å². The van der Waals surface area contributed by atoms with Crippen LogP contribution in [-0.2, 0) is 22.4 Å². The number of aromatic nitrogens is 2. The average Bonchev–Trinajstić information content (AvgIpc) is 3.18. The van der Waals surface area contributed by atoms with E-state index in [2.05, 4.69) is 27.7 Å². The molecule has 1 unspecified atom stereocenters. The Balaban J connectivity index is 1.69. The zero-order valence-electron chi connectivity index (χ0n) is 20.6. The molecule has 0 saturated carbocycles. The highest BCUT2D eigenvalue weighted by atomic mass is 32.2. The number of esters is 1. The molecular formula is C27H34N2O3S2. The fraction of sp³-hybridized carbons (Fsp3) is 0.519. The third-order valence-electron chi connectivity index (χ3n) is 6.62. The fourth-order valence-corrected chi connectivity index (χ4v) is 6.70. The van der Waals surface area contributed by atoms with Crippen LogP contribution < -0.4 is 5.56 Å². The maximum Gasteiger partial charge on any atom is 0.316 e. The number of aryl methyl sites for hydroxylation is 1. The zero-order chi connectivity index (χ0) is 24.3. The predicted octanol–water partition coefficient (Wildman–Crippen LogP) is 6.42. The highest BCUT2D eigenvalue weighted by Gasteiger charge is 2.32. The normalized spacial score (nSPS) is 15.9. The van der Waals surface area contributed by atoms with Gasteiger partial charge in [-0.25, -0.2) is 4.98 Å². The smallest absolute Gasteiger partial charge is 0.316 e. The maximum absolute atomic E-state index is 13.8. The molecule has 34 heavy (non-hydrogen) atoms. The lowest BCUT2D eigenvalue weighted by Crippen LogP contribution is -2.27. The molecule has 0 spiro atoms. The number of unbranched alkanes of at least 4 members (excludes halogenated alkanes) is 2. The molecule has 0 fully saturated rings. The molecule has 2 heterocycles. The fourth-order valence-electron chi connectivity index (χ4n) is 4.55. The summed E-state index contributed by atoms with van der Waals surface area (Å²) < 4.78 is 7.03. The Labute approximate surface area is 209 Å². The number of carbonyl (C=O) groups excluding carboxylic acids is 1. The van der Waals surface area contributed by atoms with Gasteiger partial charge in [0.05, 0.1) is 23.4 Å². The topological polar surface area (TPSA) is 61.2 Å². The molecule has 0 N–H and O–H groups in total. The standard InChI is InChI=1S/C27H34N2O3S2/c1-5-6-10-15-32-22(30)17-33-26-28-24-23(25(31)29(26)19-11-8-7-9-12-19)20-14-13-18(27(2,3)4)16-21(20)34-24/h7-9,11-12,18H,5-6,10,13-17H2,1-4H3. The summed E-state index contributed by atoms with van der Waals surface area (Å²) in [7, 11) is 0. The van der Waals surface area contributed by atoms with Crippen molar-refractivity contribution in [1.82, 2.24) is 9.55 Å². The average molecular weight is 499 g/mol. The van der Waals surface area contributed by atoms with Crippen molar-refractivity contribution in [2.45, 2.75) is 71.4 Å². The quantitative estimate of drug-likeness (QED) is 0.155. The number of fused-ring (bicyclic) bond motifs is 3. The van der Waals surface area contributed by atoms with Gasteiger partial charge in [-0.1, -0.05) is 70.5 Å². The number of nitrogens with zero attached hydrogens (tertiary/aromatic N) is 2. The molecule has 182 valence electrons. The minimum atomic E-state index is -0.270. The highest BCUT2D eigenvalue weighted by Crippen LogP contribution is 2.42. The first-order valence-electron chi connectivity index (χ1n) is 12.2. The Hall–Kier alpha value is -2.12. The molecule has 7 heteroatoms. The van der Waals surface area contributed by atoms with Gasteiger partial charge in [0, 0.05) is 4.88 Å². The molecule has 3 aromatic rings. The van der Waals surface area contributed by atoms with E-state index in [1.165, 1.54) is 22.2 Å². The third-order valence-corrected chi connectivity index (χ3v) is 8.68. The van der Waals surface area contributed by atoms with Gasteiger partial charge in [0.25, 0.3) is 5.56 Å². The van der Waals surface area contributed by atoms with E-state index in [4.69, 9.17) is 9.72 Å². The lowest BCUT2D eigenvalue weighted by atomic mass is 9.72. The van der Waals surface area contributed by atoms with Gasteiger partial charge in [-0.15, -0.1) is 11.3 Å². The summed E-state index contributed by atoms with van der Waals surface area (Å²) in [6.45, 7) is 9.46. The van der Waals surface area contributed by atoms with Crippen LogP contribution in [0.3, 0.4) is 0 Å². The van der Waals surface area contributed by atoms with Crippen molar-refractivity contribution in [3.8, 4) is 5.69 Å². The molecule has 0 radical (unpaired) electrons. The van der Waals surface area contributed by atoms with E-state index < -0.39 is 0 Å². The van der Waals surface area contributed by atoms with E-state index in [9.17, 15) is 9.59 Å². The number of hydrogen-bond acceptors (Lipinski definition) is 6. The van der Waals surface area contributed by atoms with Gasteiger partial charge in [0.1, 0.15) is 4.83 Å². The molecule has 0 saturated heterocycles. The van der Waals surface area contributed by atoms with Crippen LogP contribution in [0.25, 0.3) is 15.9 Å². The van der Waals surface area contributed by atoms with Gasteiger partial charge in [0.15, 0.2) is 5.16 Å². The van der Waals surface area contributed by atoms with Gasteiger partial charge in [-0.05, 0) is 54.7 Å². The number of thioether (sulfide) groups is 1. The van der Waals surface area contributed by atoms with Gasteiger partial charge in [-0.2, -0.15) is 0 Å². The van der Waals surface area contributed by atoms with Crippen LogP contribution in [0, 0.1) is 11.3 Å². The van der Waals surface area contributed by atoms with Crippen molar-refractivity contribution in [3.05, 3.63) is 51.1 Å². The first kappa shape index (κ1) is 25.0. The minimum Gasteiger partial charge on any atom is -0.465 e. The highest BCUT2D eigenvalue weighted by molar-refractivity contribution is 7.99. The minimum absolute atomic E-state index is 0.0401. The largest absolute Gasteiger partial charge is 0.465 e. The number of carbonyl (C=O) groups is 1. The first-order chi connectivity index (χ1) is 16.3. The monoisotopic (exact) mass is 498 g/mol. The van der Waals surface area contributed by atoms with Crippen LogP contribution in [-0.4, -0.2) is 27.9 Å². The second-order valence-electron chi connectivity index (χ2n) is 10.1. The first-order valence-corrected chi connectivity index (χ1v) is 14.0. The van der Waals surface area contributed by atoms with E-state index in [0.717, 1.165) is 54.4 Å². The molecule has 4 rings (SSSR count). The predicted molar refractivity (Wildman–Crippen MR) is 141 cm³/mol. The van der Waals surface area contributed by atoms with Crippen molar-refractivity contribution in [1.29, 1.82) is 0 Å². The summed E-state index contributed by atoms with van der Waals surface area (Å²) in [6.07, 6.45) is 6.01. The van der Waals surface area contributed by atoms with Gasteiger partial charge in [0.2, 0.25) is 0 Å². The summed E-state index contributed by atoms with van der Waals surface area (Å²) in [4.78, 5) is 33.2. The summed E-state index contributed by atoms with van der Waals surface area (Å²) in [6, 6.07) is 9.59. The molecule has 1 aliphatic carbocycles. The van der Waals surface area contributed by atoms with Gasteiger partial charge in [-0.3, -0.25) is 14.2 Å². The lowest BCUT2D eigenvalue weighted by molar-refractivity contribution is -0.140. The van der Waals surface area contributed by atoms with E-state index >= 15 is 0 Å². The Morgan fingerprint density at radius 2 is 2.00 bits per heavy atom. The van der Waals surface area contributed by atoms with Crippen molar-refractivity contribution in [2.24, 2.45) is 11.3 Å². The lowest BCUT2D eigenvalue weighted by Gasteiger charge is -2.33. The van der Waals surface area contributed by atoms with Gasteiger partial charge >= 0.3 is 5.97 Å². The summed E-state index contributed by atoms with van der Waals surface area (Å²) in [5.41, 5.74) is 2.14. The molecule has 5 nitrogen and oxygen atoms in total. The number of benzene rings is 1. The maximum atomic E-state index is 13.8. The Kier molecular flexibility index (Phi) is 7.83. The van der Waals surface area contributed by atoms with E-state index in [0.29, 0.717) is 17.7 Å². The van der Waals surface area contributed by atoms with Crippen LogP contribution in [0.5, 0.6) is 0 Å². The van der Waals surface area contributed by atoms with E-state index in [-0.39, 0.29) is 22.7 Å². The Morgan fingerprint density at radius 3 is 2.71 bits per heavy atom. The molecule has 1 aromatic carbocycles. The number of hydrogen-bond donors (Lipinski definition) is 0. The molecule has 1 atom stereocenters. The summed E-state index contributed by atoms with van der Waals surface area (Å²) >= 11 is 2.93. The van der Waals surface area contributed by atoms with Crippen molar-refractivity contribution in [3.63, 3.8) is 0 Å². The molecule has 0 bridgehead atoms. The molecule has 0 aliphatic heterocycles. The van der Waals surface area contributed by atoms with Crippen LogP contribution in [0.2, 0.25) is 0 Å². The third kappa shape index (κ3) is 5.41. The van der Waals surface area contributed by atoms with Gasteiger partial charge < -0.3 is 4.74 Å². The number of rotatable bonds is 8. The van der Waals surface area contributed by atoms with Crippen molar-refractivity contribution < 1.29 is 9.53 Å². The molecule has 1 aliphatic rings. The van der Waals surface area contributed by atoms with Crippen LogP contribution in [0.4, 0.5) is 0 Å². The molecule has 2 aromatic heterocycles. The summed E-state index contributed by atoms with van der Waals surface area (Å²) in [5.74, 6) is 0.461. The summed E-state index contributed by atoms with van der Waals surface area (Å²) in [5, 5.41) is 1.29. The number of thiophene rings is 1. The SMILES string of the molecule is CCCCCOC(=O)CSc1nc2sc3c(c2c(=O)n1-c1ccccc1)CCC(C(C)(C)C)C3. The van der Waals surface area contributed by atoms with E-state index in [1.54, 1.807) is 15.9 Å². The zero-order valence-corrected chi connectivity index (χ0v) is 22.2. The van der Waals surface area contributed by atoms with Crippen molar-refractivity contribution >= 4 is 39.3 Å². The van der Waals surface area contributed by atoms with Crippen molar-refractivity contribution in [2.75, 3.05) is 12.4 Å². The van der Waals surface area contributed by atoms with Crippen LogP contribution in [0.15, 0.2) is 40.3 Å². The Bertz CT molecular complexity index is 1210. The Morgan fingerprint density at radius 1 is 1.24 bits per heavy atom. The van der Waals surface area contributed by atoms with E-state index in [1.807, 2.05) is 30.3 Å². The number of para-hydroxylation sites is 1.